The molecule has 0 aromatic heterocycles. The lowest BCUT2D eigenvalue weighted by Gasteiger charge is -2.23. The fourth-order valence-electron chi connectivity index (χ4n) is 4.11. The number of anilines is 1. The Kier molecular flexibility index (Phi) is 7.29. The topological polar surface area (TPSA) is 69.7 Å². The van der Waals surface area contributed by atoms with E-state index in [4.69, 9.17) is 0 Å². The van der Waals surface area contributed by atoms with Gasteiger partial charge in [0.1, 0.15) is 5.82 Å². The van der Waals surface area contributed by atoms with Crippen molar-refractivity contribution in [3.8, 4) is 0 Å². The highest BCUT2D eigenvalue weighted by atomic mass is 32.2. The fraction of sp³-hybridized carbons (Fsp3) is 0.269. The first-order chi connectivity index (χ1) is 16.3. The van der Waals surface area contributed by atoms with Gasteiger partial charge < -0.3 is 4.90 Å². The van der Waals surface area contributed by atoms with Crippen molar-refractivity contribution in [1.82, 2.24) is 9.80 Å². The summed E-state index contributed by atoms with van der Waals surface area (Å²) in [6.07, 6.45) is 0.834. The number of nitrogens with zero attached hydrogens (tertiary/aromatic N) is 2. The average Bonchev–Trinajstić information content (AvgIpc) is 3.06. The standard InChI is InChI=1S/C26H28FN3O3S/c1-20-7-2-3-8-21(20)19-29-15-6-16-30(18-17-29)26(31)24-9-4-5-10-25(24)28-34(32,33)23-13-11-22(27)12-14-23/h2-5,7-14,28H,6,15-19H2,1H3. The van der Waals surface area contributed by atoms with Crippen LogP contribution in [0.2, 0.25) is 0 Å². The molecule has 0 aliphatic carbocycles. The summed E-state index contributed by atoms with van der Waals surface area (Å²) < 4.78 is 41.3. The van der Waals surface area contributed by atoms with Gasteiger partial charge in [0.05, 0.1) is 16.1 Å². The highest BCUT2D eigenvalue weighted by Crippen LogP contribution is 2.23. The highest BCUT2D eigenvalue weighted by molar-refractivity contribution is 7.92. The molecule has 1 N–H and O–H groups in total. The average molecular weight is 482 g/mol. The van der Waals surface area contributed by atoms with Gasteiger partial charge in [-0.25, -0.2) is 12.8 Å². The molecule has 1 aliphatic heterocycles. The summed E-state index contributed by atoms with van der Waals surface area (Å²) in [4.78, 5) is 17.4. The van der Waals surface area contributed by atoms with Gasteiger partial charge in [0.15, 0.2) is 0 Å². The number of carbonyl (C=O) groups excluding carboxylic acids is 1. The first-order valence-corrected chi connectivity index (χ1v) is 12.8. The number of hydrogen-bond acceptors (Lipinski definition) is 4. The van der Waals surface area contributed by atoms with Crippen LogP contribution in [0.4, 0.5) is 10.1 Å². The van der Waals surface area contributed by atoms with Gasteiger partial charge >= 0.3 is 0 Å². The van der Waals surface area contributed by atoms with Crippen LogP contribution in [0.5, 0.6) is 0 Å². The molecule has 1 heterocycles. The summed E-state index contributed by atoms with van der Waals surface area (Å²) in [6, 6.07) is 19.5. The van der Waals surface area contributed by atoms with Crippen LogP contribution in [0.3, 0.4) is 0 Å². The van der Waals surface area contributed by atoms with E-state index in [0.29, 0.717) is 18.7 Å². The van der Waals surface area contributed by atoms with Crippen LogP contribution in [0, 0.1) is 12.7 Å². The Labute approximate surface area is 200 Å². The van der Waals surface area contributed by atoms with Gasteiger partial charge in [0.2, 0.25) is 0 Å². The minimum atomic E-state index is -3.97. The molecule has 3 aromatic carbocycles. The van der Waals surface area contributed by atoms with Crippen LogP contribution in [0.15, 0.2) is 77.7 Å². The molecule has 0 unspecified atom stereocenters. The maximum Gasteiger partial charge on any atom is 0.261 e. The second-order valence-corrected chi connectivity index (χ2v) is 10.1. The van der Waals surface area contributed by atoms with Crippen LogP contribution < -0.4 is 4.72 Å². The van der Waals surface area contributed by atoms with Crippen molar-refractivity contribution >= 4 is 21.6 Å². The Balaban J connectivity index is 1.47. The lowest BCUT2D eigenvalue weighted by molar-refractivity contribution is 0.0762. The number of carbonyl (C=O) groups is 1. The predicted molar refractivity (Wildman–Crippen MR) is 131 cm³/mol. The number of aryl methyl sites for hydroxylation is 1. The number of amides is 1. The minimum Gasteiger partial charge on any atom is -0.337 e. The van der Waals surface area contributed by atoms with Gasteiger partial charge in [-0.15, -0.1) is 0 Å². The molecule has 0 saturated carbocycles. The fourth-order valence-corrected chi connectivity index (χ4v) is 5.19. The summed E-state index contributed by atoms with van der Waals surface area (Å²) in [5.41, 5.74) is 3.03. The maximum absolute atomic E-state index is 13.4. The number of rotatable bonds is 6. The molecule has 1 amide bonds. The Bertz CT molecular complexity index is 1260. The molecule has 3 aromatic rings. The van der Waals surface area contributed by atoms with Crippen LogP contribution in [-0.2, 0) is 16.6 Å². The first kappa shape index (κ1) is 23.9. The van der Waals surface area contributed by atoms with E-state index in [1.807, 2.05) is 12.1 Å². The molecule has 6 nitrogen and oxygen atoms in total. The summed E-state index contributed by atoms with van der Waals surface area (Å²) in [5, 5.41) is 0. The third-order valence-electron chi connectivity index (χ3n) is 6.06. The molecule has 0 radical (unpaired) electrons. The molecule has 0 bridgehead atoms. The Hall–Kier alpha value is -3.23. The second-order valence-electron chi connectivity index (χ2n) is 8.45. The van der Waals surface area contributed by atoms with Crippen LogP contribution >= 0.6 is 0 Å². The summed E-state index contributed by atoms with van der Waals surface area (Å²) in [7, 11) is -3.97. The second kappa shape index (κ2) is 10.4. The lowest BCUT2D eigenvalue weighted by Crippen LogP contribution is -2.35. The molecular weight excluding hydrogens is 453 g/mol. The van der Waals surface area contributed by atoms with Crippen molar-refractivity contribution in [2.24, 2.45) is 0 Å². The Morgan fingerprint density at radius 3 is 2.38 bits per heavy atom. The summed E-state index contributed by atoms with van der Waals surface area (Å²) >= 11 is 0. The van der Waals surface area contributed by atoms with Gasteiger partial charge in [-0.3, -0.25) is 14.4 Å². The first-order valence-electron chi connectivity index (χ1n) is 11.3. The molecule has 1 saturated heterocycles. The third kappa shape index (κ3) is 5.63. The zero-order valence-electron chi connectivity index (χ0n) is 19.1. The van der Waals surface area contributed by atoms with E-state index in [2.05, 4.69) is 28.7 Å². The predicted octanol–water partition coefficient (Wildman–Crippen LogP) is 4.28. The SMILES string of the molecule is Cc1ccccc1CN1CCCN(C(=O)c2ccccc2NS(=O)(=O)c2ccc(F)cc2)CC1. The van der Waals surface area contributed by atoms with Crippen LogP contribution in [-0.4, -0.2) is 50.3 Å². The number of hydrogen-bond donors (Lipinski definition) is 1. The monoisotopic (exact) mass is 481 g/mol. The number of halogens is 1. The highest BCUT2D eigenvalue weighted by Gasteiger charge is 2.24. The van der Waals surface area contributed by atoms with Crippen molar-refractivity contribution in [3.63, 3.8) is 0 Å². The van der Waals surface area contributed by atoms with Crippen LogP contribution in [0.25, 0.3) is 0 Å². The van der Waals surface area contributed by atoms with Crippen molar-refractivity contribution in [1.29, 1.82) is 0 Å². The smallest absolute Gasteiger partial charge is 0.261 e. The van der Waals surface area contributed by atoms with Gasteiger partial charge in [0.25, 0.3) is 15.9 Å². The zero-order valence-corrected chi connectivity index (χ0v) is 19.9. The number of sulfonamides is 1. The number of para-hydroxylation sites is 1. The van der Waals surface area contributed by atoms with Gasteiger partial charge in [0, 0.05) is 32.7 Å². The van der Waals surface area contributed by atoms with Crippen molar-refractivity contribution < 1.29 is 17.6 Å². The molecule has 0 spiro atoms. The van der Waals surface area contributed by atoms with E-state index in [0.717, 1.165) is 38.2 Å². The molecule has 8 heteroatoms. The van der Waals surface area contributed by atoms with E-state index in [9.17, 15) is 17.6 Å². The number of nitrogens with one attached hydrogen (secondary N) is 1. The quantitative estimate of drug-likeness (QED) is 0.571. The van der Waals surface area contributed by atoms with E-state index in [1.165, 1.54) is 23.3 Å². The van der Waals surface area contributed by atoms with E-state index in [-0.39, 0.29) is 16.5 Å². The summed E-state index contributed by atoms with van der Waals surface area (Å²) in [5.74, 6) is -0.734. The number of benzene rings is 3. The van der Waals surface area contributed by atoms with E-state index < -0.39 is 15.8 Å². The minimum absolute atomic E-state index is 0.0715. The molecular formula is C26H28FN3O3S. The normalized spacial score (nSPS) is 15.1. The Morgan fingerprint density at radius 1 is 0.912 bits per heavy atom. The summed E-state index contributed by atoms with van der Waals surface area (Å²) in [6.45, 7) is 5.72. The largest absolute Gasteiger partial charge is 0.337 e. The Morgan fingerprint density at radius 2 is 1.62 bits per heavy atom. The molecule has 4 rings (SSSR count). The van der Waals surface area contributed by atoms with Crippen molar-refractivity contribution in [2.45, 2.75) is 24.8 Å². The van der Waals surface area contributed by atoms with Crippen molar-refractivity contribution in [3.05, 3.63) is 95.3 Å². The van der Waals surface area contributed by atoms with Gasteiger partial charge in [-0.1, -0.05) is 36.4 Å². The molecule has 0 atom stereocenters. The molecule has 1 fully saturated rings. The third-order valence-corrected chi connectivity index (χ3v) is 7.44. The lowest BCUT2D eigenvalue weighted by atomic mass is 10.1. The molecule has 1 aliphatic rings. The van der Waals surface area contributed by atoms with Gasteiger partial charge in [-0.05, 0) is 60.9 Å². The molecule has 178 valence electrons. The van der Waals surface area contributed by atoms with Gasteiger partial charge in [-0.2, -0.15) is 0 Å². The van der Waals surface area contributed by atoms with Crippen molar-refractivity contribution in [2.75, 3.05) is 30.9 Å². The van der Waals surface area contributed by atoms with E-state index >= 15 is 0 Å². The van der Waals surface area contributed by atoms with Crippen LogP contribution in [0.1, 0.15) is 27.9 Å². The molecule has 34 heavy (non-hydrogen) atoms. The maximum atomic E-state index is 13.4. The van der Waals surface area contributed by atoms with E-state index in [1.54, 1.807) is 29.2 Å². The zero-order chi connectivity index (χ0) is 24.1.